The molecule has 0 saturated carbocycles. The van der Waals surface area contributed by atoms with Gasteiger partial charge >= 0.3 is 12.2 Å². The number of nitrogens with one attached hydrogen (secondary N) is 1. The van der Waals surface area contributed by atoms with Crippen molar-refractivity contribution in [1.82, 2.24) is 10.2 Å². The highest BCUT2D eigenvalue weighted by molar-refractivity contribution is 9.09. The molecule has 0 aromatic heterocycles. The van der Waals surface area contributed by atoms with Gasteiger partial charge in [0.05, 0.1) is 28.4 Å². The number of halogens is 2. The second-order valence-electron chi connectivity index (χ2n) is 9.77. The predicted octanol–water partition coefficient (Wildman–Crippen LogP) is 4.86. The van der Waals surface area contributed by atoms with Crippen LogP contribution >= 0.6 is 32.2 Å². The summed E-state index contributed by atoms with van der Waals surface area (Å²) < 4.78 is 12.2. The van der Waals surface area contributed by atoms with Gasteiger partial charge in [0.2, 0.25) is 0 Å². The Morgan fingerprint density at radius 1 is 0.947 bits per heavy atom. The molecule has 0 aliphatic rings. The van der Waals surface area contributed by atoms with E-state index in [4.69, 9.17) is 8.93 Å². The molecule has 2 aromatic rings. The molecule has 0 aliphatic heterocycles. The van der Waals surface area contributed by atoms with E-state index >= 15 is 0 Å². The number of aliphatic hydroxyl groups excluding tert-OH is 2. The molecule has 2 amide bonds. The zero-order valence-corrected chi connectivity index (χ0v) is 25.0. The molecule has 9 nitrogen and oxygen atoms in total. The number of carboxylic acid groups (broad SMARTS) is 1. The summed E-state index contributed by atoms with van der Waals surface area (Å²) in [6, 6.07) is 17.9. The third-order valence-electron chi connectivity index (χ3n) is 5.53. The van der Waals surface area contributed by atoms with Crippen molar-refractivity contribution in [2.75, 3.05) is 6.54 Å². The minimum Gasteiger partial charge on any atom is -0.465 e. The van der Waals surface area contributed by atoms with Crippen LogP contribution in [0.25, 0.3) is 0 Å². The second kappa shape index (κ2) is 17.4. The first-order valence-electron chi connectivity index (χ1n) is 12.2. The van der Waals surface area contributed by atoms with Crippen molar-refractivity contribution in [2.24, 2.45) is 0 Å². The minimum atomic E-state index is -1.29. The van der Waals surface area contributed by atoms with E-state index in [0.29, 0.717) is 19.3 Å². The van der Waals surface area contributed by atoms with Crippen LogP contribution in [-0.2, 0) is 17.7 Å². The van der Waals surface area contributed by atoms with Gasteiger partial charge in [-0.25, -0.2) is 9.59 Å². The number of rotatable bonds is 12. The molecule has 0 unspecified atom stereocenters. The molecule has 0 radical (unpaired) electrons. The summed E-state index contributed by atoms with van der Waals surface area (Å²) in [5.41, 5.74) is 1.07. The van der Waals surface area contributed by atoms with Crippen molar-refractivity contribution in [3.63, 3.8) is 0 Å². The van der Waals surface area contributed by atoms with Crippen LogP contribution in [0.4, 0.5) is 9.59 Å². The molecule has 38 heavy (non-hydrogen) atoms. The average molecular weight is 662 g/mol. The monoisotopic (exact) mass is 660 g/mol. The summed E-state index contributed by atoms with van der Waals surface area (Å²) in [5.74, 6) is 0. The maximum Gasteiger partial charge on any atom is 0.407 e. The lowest BCUT2D eigenvalue weighted by Crippen LogP contribution is -2.53. The summed E-state index contributed by atoms with van der Waals surface area (Å²) in [6.07, 6.45) is -3.01. The number of alkyl carbamates (subject to hydrolysis) is 1. The Hall–Kier alpha value is -2.18. The highest BCUT2D eigenvalue weighted by atomic mass is 79.9. The fourth-order valence-corrected chi connectivity index (χ4v) is 4.37. The molecule has 2 aromatic carbocycles. The van der Waals surface area contributed by atoms with E-state index < -0.39 is 40.9 Å². The van der Waals surface area contributed by atoms with Crippen molar-refractivity contribution in [1.29, 1.82) is 0 Å². The fourth-order valence-electron chi connectivity index (χ4n) is 3.73. The Labute approximate surface area is 241 Å². The highest BCUT2D eigenvalue weighted by Crippen LogP contribution is 2.20. The predicted molar refractivity (Wildman–Crippen MR) is 153 cm³/mol. The van der Waals surface area contributed by atoms with Crippen molar-refractivity contribution in [2.45, 2.75) is 75.3 Å². The van der Waals surface area contributed by atoms with Gasteiger partial charge in [0, 0.05) is 17.9 Å². The first-order chi connectivity index (χ1) is 18.0. The number of benzene rings is 2. The Bertz CT molecular complexity index is 945. The van der Waals surface area contributed by atoms with Gasteiger partial charge < -0.3 is 34.5 Å². The number of nitrogens with zero attached hydrogens (tertiary/aromatic N) is 1. The number of hydrogen-bond donors (Lipinski definition) is 5. The van der Waals surface area contributed by atoms with E-state index in [2.05, 4.69) is 21.2 Å². The zero-order chi connectivity index (χ0) is 28.7. The van der Waals surface area contributed by atoms with Gasteiger partial charge in [-0.3, -0.25) is 0 Å². The summed E-state index contributed by atoms with van der Waals surface area (Å²) in [6.45, 7) is 5.79. The van der Waals surface area contributed by atoms with Crippen LogP contribution in [0.15, 0.2) is 60.7 Å². The van der Waals surface area contributed by atoms with E-state index in [1.165, 1.54) is 4.90 Å². The van der Waals surface area contributed by atoms with Crippen molar-refractivity contribution in [3.8, 4) is 0 Å². The Morgan fingerprint density at radius 3 is 1.97 bits per heavy atom. The number of carbonyl (C=O) groups is 2. The largest absolute Gasteiger partial charge is 0.465 e. The first-order valence-corrected chi connectivity index (χ1v) is 13.8. The van der Waals surface area contributed by atoms with Gasteiger partial charge in [0.1, 0.15) is 11.7 Å². The topological polar surface area (TPSA) is 140 Å². The Balaban J connectivity index is 0.00000352. The lowest BCUT2D eigenvalue weighted by atomic mass is 9.95. The molecule has 2 rings (SSSR count). The molecule has 0 saturated heterocycles. The summed E-state index contributed by atoms with van der Waals surface area (Å²) in [7, 11) is 0. The molecular formula is C27H38Br2N2O7. The van der Waals surface area contributed by atoms with Crippen molar-refractivity contribution >= 4 is 44.4 Å². The van der Waals surface area contributed by atoms with Crippen LogP contribution in [-0.4, -0.2) is 71.8 Å². The SMILES string of the molecule is CC(C)(C)OC(=O)N[C@@H](Cc1ccccc1)[C@@H](O)[C@@H](O)[C@H](Br)CCCN(Cc1ccccc1)C(=O)O.OBr. The minimum absolute atomic E-state index is 0.271. The number of ether oxygens (including phenoxy) is 1. The summed E-state index contributed by atoms with van der Waals surface area (Å²) in [5, 5.41) is 34.1. The standard InChI is InChI=1S/C27H37BrN2O6.BrHO/c1-27(2,3)36-25(33)29-22(17-19-11-6-4-7-12-19)24(32)23(31)21(28)15-10-16-30(26(34)35)18-20-13-8-5-9-14-20;1-2/h4-9,11-14,21-24,31-32H,10,15-18H2,1-3H3,(H,29,33)(H,34,35);2H/t21-,22+,23+,24-;/m1./s1. The number of alkyl halides is 1. The number of amides is 2. The van der Waals surface area contributed by atoms with Gasteiger partial charge in [0.25, 0.3) is 0 Å². The van der Waals surface area contributed by atoms with Gasteiger partial charge in [-0.05, 0) is 51.2 Å². The molecule has 212 valence electrons. The van der Waals surface area contributed by atoms with Gasteiger partial charge in [-0.15, -0.1) is 0 Å². The molecule has 11 heteroatoms. The molecule has 0 spiro atoms. The lowest BCUT2D eigenvalue weighted by molar-refractivity contribution is -0.00988. The van der Waals surface area contributed by atoms with E-state index in [1.807, 2.05) is 76.9 Å². The molecule has 0 aliphatic carbocycles. The quantitative estimate of drug-likeness (QED) is 0.205. The van der Waals surface area contributed by atoms with Crippen LogP contribution in [0.2, 0.25) is 0 Å². The van der Waals surface area contributed by atoms with Gasteiger partial charge in [0.15, 0.2) is 0 Å². The van der Waals surface area contributed by atoms with Crippen molar-refractivity contribution in [3.05, 3.63) is 71.8 Å². The fraction of sp³-hybridized carbons (Fsp3) is 0.481. The van der Waals surface area contributed by atoms with E-state index in [0.717, 1.165) is 11.1 Å². The molecule has 0 heterocycles. The van der Waals surface area contributed by atoms with Gasteiger partial charge in [-0.2, -0.15) is 0 Å². The number of aliphatic hydroxyl groups is 2. The summed E-state index contributed by atoms with van der Waals surface area (Å²) in [4.78, 5) is 24.9. The third-order valence-corrected chi connectivity index (χ3v) is 6.53. The summed E-state index contributed by atoms with van der Waals surface area (Å²) >= 11 is 5.38. The maximum atomic E-state index is 12.4. The van der Waals surface area contributed by atoms with Crippen LogP contribution < -0.4 is 5.32 Å². The Kier molecular flexibility index (Phi) is 15.5. The van der Waals surface area contributed by atoms with Crippen LogP contribution in [0, 0.1) is 0 Å². The molecule has 5 N–H and O–H groups in total. The number of hydrogen-bond acceptors (Lipinski definition) is 6. The number of carbonyl (C=O) groups excluding carboxylic acids is 1. The van der Waals surface area contributed by atoms with Crippen LogP contribution in [0.1, 0.15) is 44.7 Å². The van der Waals surface area contributed by atoms with Crippen LogP contribution in [0.5, 0.6) is 0 Å². The van der Waals surface area contributed by atoms with E-state index in [-0.39, 0.29) is 13.1 Å². The lowest BCUT2D eigenvalue weighted by Gasteiger charge is -2.31. The maximum absolute atomic E-state index is 12.4. The molecule has 4 atom stereocenters. The molecule has 0 fully saturated rings. The third kappa shape index (κ3) is 13.1. The van der Waals surface area contributed by atoms with Crippen molar-refractivity contribution < 1.29 is 33.8 Å². The van der Waals surface area contributed by atoms with E-state index in [1.54, 1.807) is 20.8 Å². The zero-order valence-electron chi connectivity index (χ0n) is 21.8. The van der Waals surface area contributed by atoms with E-state index in [9.17, 15) is 24.9 Å². The first kappa shape index (κ1) is 33.8. The Morgan fingerprint density at radius 2 is 1.47 bits per heavy atom. The smallest absolute Gasteiger partial charge is 0.407 e. The second-order valence-corrected chi connectivity index (χ2v) is 10.9. The molecule has 0 bridgehead atoms. The van der Waals surface area contributed by atoms with Gasteiger partial charge in [-0.1, -0.05) is 76.6 Å². The highest BCUT2D eigenvalue weighted by Gasteiger charge is 2.33. The normalized spacial score (nSPS) is 14.2. The average Bonchev–Trinajstić information content (AvgIpc) is 2.88. The molecular weight excluding hydrogens is 624 g/mol. The van der Waals surface area contributed by atoms with Crippen LogP contribution in [0.3, 0.4) is 0 Å².